The molecule has 12 N–H and O–H groups in total. The van der Waals surface area contributed by atoms with E-state index in [2.05, 4.69) is 26.3 Å². The molecule has 0 aromatic heterocycles. The number of aromatic carboxylic acids is 1. The van der Waals surface area contributed by atoms with Crippen molar-refractivity contribution >= 4 is 34.9 Å². The first-order chi connectivity index (χ1) is 26.3. The zero-order valence-electron chi connectivity index (χ0n) is 29.6. The predicted molar refractivity (Wildman–Crippen MR) is 198 cm³/mol. The largest absolute Gasteiger partial charge is 0.508 e. The number of amides is 2. The highest BCUT2D eigenvalue weighted by atomic mass is 16.5. The molecule has 4 heterocycles. The number of hydrogen-bond acceptors (Lipinski definition) is 15. The molecule has 2 saturated heterocycles. The van der Waals surface area contributed by atoms with Crippen molar-refractivity contribution < 1.29 is 44.0 Å². The van der Waals surface area contributed by atoms with Gasteiger partial charge in [-0.2, -0.15) is 0 Å². The first-order valence-electron chi connectivity index (χ1n) is 17.9. The van der Waals surface area contributed by atoms with E-state index in [9.17, 15) is 39.6 Å². The van der Waals surface area contributed by atoms with Gasteiger partial charge in [0.05, 0.1) is 11.6 Å². The van der Waals surface area contributed by atoms with E-state index >= 15 is 0 Å². The molecule has 2 amide bonds. The van der Waals surface area contributed by atoms with Gasteiger partial charge < -0.3 is 56.6 Å². The van der Waals surface area contributed by atoms with Crippen LogP contribution < -0.4 is 38.2 Å². The van der Waals surface area contributed by atoms with Crippen molar-refractivity contribution in [2.75, 3.05) is 26.2 Å². The summed E-state index contributed by atoms with van der Waals surface area (Å²) in [7, 11) is 0. The number of phenols is 1. The van der Waals surface area contributed by atoms with Crippen molar-refractivity contribution in [1.29, 1.82) is 0 Å². The number of aliphatic imine (C=N–C) groups is 1. The van der Waals surface area contributed by atoms with E-state index in [1.165, 1.54) is 42.5 Å². The second-order valence-corrected chi connectivity index (χ2v) is 13.9. The fraction of sp³-hybridized carbons (Fsp3) is 0.378. The molecule has 18 heteroatoms. The number of carboxylic acids is 1. The lowest BCUT2D eigenvalue weighted by molar-refractivity contribution is -0.223. The quantitative estimate of drug-likeness (QED) is 0.0537. The first kappa shape index (κ1) is 37.5. The number of carbonyl (C=O) groups is 3. The molecule has 1 unspecified atom stereocenters. The van der Waals surface area contributed by atoms with Crippen LogP contribution in [0.1, 0.15) is 52.8 Å². The van der Waals surface area contributed by atoms with Crippen LogP contribution in [-0.4, -0.2) is 105 Å². The summed E-state index contributed by atoms with van der Waals surface area (Å²) in [5.74, 6) is -3.55. The minimum atomic E-state index is -2.15. The van der Waals surface area contributed by atoms with Gasteiger partial charge in [-0.15, -0.1) is 0 Å². The molecular weight excluding hydrogens is 716 g/mol. The maximum atomic E-state index is 13.2. The molecule has 290 valence electrons. The number of aliphatic hydroxyl groups is 2. The number of unbranched alkanes of at least 4 members (excludes halogenated alkanes) is 3. The number of phenolic OH excluding ortho intramolecular Hbond substituents is 1. The average molecular weight is 759 g/mol. The van der Waals surface area contributed by atoms with E-state index in [0.29, 0.717) is 42.4 Å². The number of carbonyl (C=O) groups excluding carboxylic acids is 2. The van der Waals surface area contributed by atoms with Crippen LogP contribution in [0, 0.1) is 0 Å². The number of guanidine groups is 1. The number of nitrogens with one attached hydrogen (secondary N) is 4. The Kier molecular flexibility index (Phi) is 10.1. The minimum Gasteiger partial charge on any atom is -0.508 e. The molecule has 55 heavy (non-hydrogen) atoms. The topological polar surface area (TPSA) is 287 Å². The molecule has 2 fully saturated rings. The maximum Gasteiger partial charge on any atom is 0.407 e. The summed E-state index contributed by atoms with van der Waals surface area (Å²) in [5, 5.41) is 53.8. The van der Waals surface area contributed by atoms with E-state index in [0.717, 1.165) is 12.8 Å². The Morgan fingerprint density at radius 1 is 1.00 bits per heavy atom. The van der Waals surface area contributed by atoms with Crippen LogP contribution in [0.3, 0.4) is 0 Å². The number of carboxylic acid groups (broad SMARTS) is 1. The van der Waals surface area contributed by atoms with Crippen LogP contribution in [0.5, 0.6) is 5.75 Å². The summed E-state index contributed by atoms with van der Waals surface area (Å²) in [4.78, 5) is 56.2. The van der Waals surface area contributed by atoms with Crippen molar-refractivity contribution in [1.82, 2.24) is 26.2 Å². The van der Waals surface area contributed by atoms with Crippen LogP contribution in [0.25, 0.3) is 33.4 Å². The summed E-state index contributed by atoms with van der Waals surface area (Å²) in [6.07, 6.45) is 1.39. The van der Waals surface area contributed by atoms with Gasteiger partial charge in [-0.25, -0.2) is 14.6 Å². The molecule has 0 saturated carbocycles. The van der Waals surface area contributed by atoms with Gasteiger partial charge in [-0.1, -0.05) is 12.8 Å². The third kappa shape index (κ3) is 7.01. The van der Waals surface area contributed by atoms with Gasteiger partial charge in [-0.05, 0) is 60.9 Å². The SMILES string of the molecule is NC1=N[C@@H](COC(=O)NCCCCCCNC(=O)c2ccc(C(=O)O)c(-c3c4ccc(=O)cc-4oc4cc(O)ccc34)c2)[C@@H]2NC(N)N[C@]23N1CCC3(O)O. The number of rotatable bonds is 12. The van der Waals surface area contributed by atoms with Gasteiger partial charge in [0.15, 0.2) is 17.1 Å². The van der Waals surface area contributed by atoms with Crippen molar-refractivity contribution in [3.8, 4) is 28.2 Å². The Morgan fingerprint density at radius 3 is 2.53 bits per heavy atom. The fourth-order valence-corrected chi connectivity index (χ4v) is 7.81. The lowest BCUT2D eigenvalue weighted by atomic mass is 9.87. The van der Waals surface area contributed by atoms with E-state index < -0.39 is 47.8 Å². The number of nitrogens with zero attached hydrogens (tertiary/aromatic N) is 2. The Balaban J connectivity index is 0.895. The van der Waals surface area contributed by atoms with Crippen LogP contribution >= 0.6 is 0 Å². The number of ether oxygens (including phenoxy) is 1. The number of nitrogens with two attached hydrogens (primary N) is 2. The highest BCUT2D eigenvalue weighted by Gasteiger charge is 2.69. The fourth-order valence-electron chi connectivity index (χ4n) is 7.81. The predicted octanol–water partition coefficient (Wildman–Crippen LogP) is 0.569. The number of fused-ring (bicyclic) bond motifs is 2. The van der Waals surface area contributed by atoms with Gasteiger partial charge in [0.1, 0.15) is 36.0 Å². The first-order valence-corrected chi connectivity index (χ1v) is 17.9. The summed E-state index contributed by atoms with van der Waals surface area (Å²) in [6.45, 7) is 0.776. The summed E-state index contributed by atoms with van der Waals surface area (Å²) < 4.78 is 11.3. The Bertz CT molecular complexity index is 2210. The summed E-state index contributed by atoms with van der Waals surface area (Å²) >= 11 is 0. The van der Waals surface area contributed by atoms with E-state index in [4.69, 9.17) is 20.6 Å². The highest BCUT2D eigenvalue weighted by Crippen LogP contribution is 2.44. The standard InChI is InChI=1S/C37H42N8O10/c38-33-43-30-26(42-34(39)45-14-11-36(52,53)37(30,45)44-33)18-54-35(51)41-13-4-2-1-3-12-40-31(48)19-5-8-22(32(49)50)25(15-19)29-23-9-6-20(46)16-27(23)55-28-17-21(47)7-10-24(28)29/h5-10,15-17,26,30,33,43-44,46,52-53H,1-4,11-14,18,38H2,(H2,39,42)(H,40,48)(H,41,51)(H,49,50)/t26-,30-,33?,37-/m0/s1. The molecule has 18 nitrogen and oxygen atoms in total. The Labute approximate surface area is 313 Å². The number of hydrogen-bond donors (Lipinski definition) is 10. The number of aromatic hydroxyl groups is 1. The molecular formula is C37H42N8O10. The van der Waals surface area contributed by atoms with Gasteiger partial charge in [0, 0.05) is 60.3 Å². The van der Waals surface area contributed by atoms with Crippen molar-refractivity contribution in [2.45, 2.75) is 61.9 Å². The second kappa shape index (κ2) is 14.8. The zero-order valence-corrected chi connectivity index (χ0v) is 29.6. The van der Waals surface area contributed by atoms with Crippen molar-refractivity contribution in [3.05, 3.63) is 75.9 Å². The van der Waals surface area contributed by atoms with Gasteiger partial charge >= 0.3 is 12.1 Å². The molecule has 4 atom stereocenters. The van der Waals surface area contributed by atoms with Crippen LogP contribution in [-0.2, 0) is 4.74 Å². The van der Waals surface area contributed by atoms with Gasteiger partial charge in [-0.3, -0.25) is 20.2 Å². The van der Waals surface area contributed by atoms with E-state index in [1.54, 1.807) is 17.0 Å². The highest BCUT2D eigenvalue weighted by molar-refractivity contribution is 6.09. The van der Waals surface area contributed by atoms with E-state index in [1.807, 2.05) is 0 Å². The third-order valence-corrected chi connectivity index (χ3v) is 10.4. The lowest BCUT2D eigenvalue weighted by Gasteiger charge is -2.49. The normalized spacial score (nSPS) is 22.6. The summed E-state index contributed by atoms with van der Waals surface area (Å²) in [6, 6.07) is 11.4. The Morgan fingerprint density at radius 2 is 1.76 bits per heavy atom. The third-order valence-electron chi connectivity index (χ3n) is 10.4. The minimum absolute atomic E-state index is 0.0206. The smallest absolute Gasteiger partial charge is 0.407 e. The molecule has 5 aliphatic rings. The Hall–Kier alpha value is -5.79. The lowest BCUT2D eigenvalue weighted by Crippen LogP contribution is -2.76. The van der Waals surface area contributed by atoms with Crippen molar-refractivity contribution in [3.63, 3.8) is 0 Å². The van der Waals surface area contributed by atoms with Crippen LogP contribution in [0.2, 0.25) is 0 Å². The summed E-state index contributed by atoms with van der Waals surface area (Å²) in [5.41, 5.74) is 12.0. The number of benzene rings is 3. The number of alkyl carbamates (subject to hydrolysis) is 1. The van der Waals surface area contributed by atoms with Crippen LogP contribution in [0.15, 0.2) is 68.8 Å². The molecule has 7 rings (SSSR count). The second-order valence-electron chi connectivity index (χ2n) is 13.9. The molecule has 0 bridgehead atoms. The van der Waals surface area contributed by atoms with Crippen molar-refractivity contribution in [2.24, 2.45) is 16.5 Å². The monoisotopic (exact) mass is 758 g/mol. The molecule has 1 aliphatic carbocycles. The van der Waals surface area contributed by atoms with Gasteiger partial charge in [0.25, 0.3) is 5.91 Å². The van der Waals surface area contributed by atoms with E-state index in [-0.39, 0.29) is 64.7 Å². The zero-order chi connectivity index (χ0) is 39.1. The average Bonchev–Trinajstić information content (AvgIpc) is 3.64. The molecule has 4 aliphatic heterocycles. The molecule has 2 aromatic rings. The molecule has 0 radical (unpaired) electrons. The molecule has 2 aromatic carbocycles. The maximum absolute atomic E-state index is 13.2. The molecule has 1 spiro atoms. The van der Waals surface area contributed by atoms with Crippen LogP contribution in [0.4, 0.5) is 4.79 Å². The van der Waals surface area contributed by atoms with Gasteiger partial charge in [0.2, 0.25) is 5.79 Å².